The molecular weight excluding hydrogens is 639 g/mol. The Morgan fingerprint density at radius 1 is 0.462 bits per heavy atom. The van der Waals surface area contributed by atoms with Gasteiger partial charge in [0.05, 0.1) is 16.4 Å². The van der Waals surface area contributed by atoms with Crippen molar-refractivity contribution in [2.45, 2.75) is 0 Å². The van der Waals surface area contributed by atoms with Gasteiger partial charge in [-0.2, -0.15) is 0 Å². The number of hydrogen-bond acceptors (Lipinski definition) is 4. The zero-order chi connectivity index (χ0) is 34.2. The van der Waals surface area contributed by atoms with Gasteiger partial charge < -0.3 is 18.3 Å². The Bertz CT molecular complexity index is 3120. The average Bonchev–Trinajstić information content (AvgIpc) is 3.91. The number of benzene rings is 8. The lowest BCUT2D eigenvalue weighted by atomic mass is 10.0. The molecule has 0 fully saturated rings. The van der Waals surface area contributed by atoms with E-state index in [9.17, 15) is 0 Å². The number of para-hydroxylation sites is 3. The number of hydrogen-bond donors (Lipinski definition) is 0. The van der Waals surface area contributed by atoms with Crippen LogP contribution in [0.4, 0.5) is 17.1 Å². The van der Waals surface area contributed by atoms with Gasteiger partial charge in [-0.25, -0.2) is 4.98 Å². The zero-order valence-corrected chi connectivity index (χ0v) is 27.9. The molecule has 5 heteroatoms. The maximum absolute atomic E-state index is 6.71. The number of fused-ring (bicyclic) bond motifs is 10. The summed E-state index contributed by atoms with van der Waals surface area (Å²) in [7, 11) is 0. The summed E-state index contributed by atoms with van der Waals surface area (Å²) in [6.45, 7) is 0. The normalized spacial score (nSPS) is 11.8. The Morgan fingerprint density at radius 3 is 1.96 bits per heavy atom. The van der Waals surface area contributed by atoms with Gasteiger partial charge in [0.15, 0.2) is 5.58 Å². The first-order valence-electron chi connectivity index (χ1n) is 17.5. The van der Waals surface area contributed by atoms with Crippen LogP contribution in [0.3, 0.4) is 0 Å². The molecule has 0 radical (unpaired) electrons. The maximum atomic E-state index is 6.71. The number of anilines is 3. The van der Waals surface area contributed by atoms with Gasteiger partial charge in [0.25, 0.3) is 0 Å². The molecule has 0 unspecified atom stereocenters. The summed E-state index contributed by atoms with van der Waals surface area (Å²) in [5.41, 5.74) is 10.7. The van der Waals surface area contributed by atoms with Crippen LogP contribution in [0.1, 0.15) is 0 Å². The van der Waals surface area contributed by atoms with Gasteiger partial charge in [-0.3, -0.25) is 0 Å². The van der Waals surface area contributed by atoms with Crippen LogP contribution in [-0.2, 0) is 0 Å². The Morgan fingerprint density at radius 2 is 1.12 bits per heavy atom. The van der Waals surface area contributed by atoms with E-state index in [1.165, 1.54) is 0 Å². The molecule has 3 heterocycles. The van der Waals surface area contributed by atoms with Gasteiger partial charge in [-0.05, 0) is 95.7 Å². The summed E-state index contributed by atoms with van der Waals surface area (Å²) in [6.07, 6.45) is 0. The highest BCUT2D eigenvalue weighted by molar-refractivity contribution is 6.27. The Hall–Kier alpha value is -7.11. The fraction of sp³-hybridized carbons (Fsp3) is 0. The highest BCUT2D eigenvalue weighted by Gasteiger charge is 2.22. The Kier molecular flexibility index (Phi) is 6.18. The van der Waals surface area contributed by atoms with Crippen LogP contribution in [0, 0.1) is 0 Å². The molecule has 8 aromatic carbocycles. The number of rotatable bonds is 5. The molecule has 0 saturated heterocycles. The summed E-state index contributed by atoms with van der Waals surface area (Å²) in [5.74, 6) is 0.612. The molecule has 0 bridgehead atoms. The fourth-order valence-corrected chi connectivity index (χ4v) is 7.86. The second-order valence-corrected chi connectivity index (χ2v) is 13.2. The highest BCUT2D eigenvalue weighted by Crippen LogP contribution is 2.44. The van der Waals surface area contributed by atoms with Crippen LogP contribution in [-0.4, -0.2) is 9.55 Å². The highest BCUT2D eigenvalue weighted by atomic mass is 16.3. The standard InChI is InChI=1S/C47H29N3O2/c1-4-12-31(13-5-1)47-48-39-25-27-41-45(46(39)52-47)44-38-28-34(22-20-30(38)21-26-40(44)50(41)33-16-8-3-9-17-33)49(32-14-6-2-7-15-32)35-23-24-37-36-18-10-11-19-42(36)51-43(37)29-35/h1-29H. The van der Waals surface area contributed by atoms with Crippen molar-refractivity contribution in [2.75, 3.05) is 4.90 Å². The lowest BCUT2D eigenvalue weighted by molar-refractivity contribution is 0.623. The van der Waals surface area contributed by atoms with Crippen molar-refractivity contribution in [1.29, 1.82) is 0 Å². The third-order valence-corrected chi connectivity index (χ3v) is 10.2. The van der Waals surface area contributed by atoms with Gasteiger partial charge in [0.1, 0.15) is 16.7 Å². The van der Waals surface area contributed by atoms with Gasteiger partial charge in [0.2, 0.25) is 5.89 Å². The average molecular weight is 668 g/mol. The zero-order valence-electron chi connectivity index (χ0n) is 27.9. The first kappa shape index (κ1) is 28.7. The van der Waals surface area contributed by atoms with E-state index >= 15 is 0 Å². The SMILES string of the molecule is c1ccc(-c2nc3ccc4c(c3o2)c2c3cc(N(c5ccccc5)c5ccc6c(c5)oc5ccccc56)ccc3ccc2n4-c2ccccc2)cc1. The van der Waals surface area contributed by atoms with Crippen molar-refractivity contribution < 1.29 is 8.83 Å². The second kappa shape index (κ2) is 11.2. The molecule has 0 atom stereocenters. The molecule has 0 N–H and O–H groups in total. The number of aromatic nitrogens is 2. The van der Waals surface area contributed by atoms with Crippen LogP contribution in [0.5, 0.6) is 0 Å². The van der Waals surface area contributed by atoms with Gasteiger partial charge in [-0.15, -0.1) is 0 Å². The molecule has 0 aliphatic carbocycles. The lowest BCUT2D eigenvalue weighted by Gasteiger charge is -2.26. The molecule has 244 valence electrons. The summed E-state index contributed by atoms with van der Waals surface area (Å²) >= 11 is 0. The van der Waals surface area contributed by atoms with E-state index in [4.69, 9.17) is 13.8 Å². The van der Waals surface area contributed by atoms with Crippen LogP contribution in [0.15, 0.2) is 185 Å². The van der Waals surface area contributed by atoms with Crippen molar-refractivity contribution in [3.63, 3.8) is 0 Å². The van der Waals surface area contributed by atoms with Crippen molar-refractivity contribution in [3.05, 3.63) is 176 Å². The van der Waals surface area contributed by atoms with Gasteiger partial charge >= 0.3 is 0 Å². The molecule has 3 aromatic heterocycles. The predicted molar refractivity (Wildman–Crippen MR) is 213 cm³/mol. The molecule has 11 rings (SSSR count). The smallest absolute Gasteiger partial charge is 0.227 e. The summed E-state index contributed by atoms with van der Waals surface area (Å²) in [4.78, 5) is 7.28. The molecule has 0 spiro atoms. The first-order valence-corrected chi connectivity index (χ1v) is 17.5. The summed E-state index contributed by atoms with van der Waals surface area (Å²) < 4.78 is 15.4. The van der Waals surface area contributed by atoms with E-state index in [0.29, 0.717) is 5.89 Å². The Balaban J connectivity index is 1.21. The van der Waals surface area contributed by atoms with E-state index in [2.05, 4.69) is 143 Å². The number of furan rings is 1. The number of oxazole rings is 1. The molecule has 0 aliphatic heterocycles. The van der Waals surface area contributed by atoms with E-state index in [1.807, 2.05) is 42.5 Å². The molecule has 0 aliphatic rings. The third kappa shape index (κ3) is 4.33. The van der Waals surface area contributed by atoms with E-state index in [0.717, 1.165) is 93.9 Å². The van der Waals surface area contributed by atoms with E-state index < -0.39 is 0 Å². The maximum Gasteiger partial charge on any atom is 0.227 e. The predicted octanol–water partition coefficient (Wildman–Crippen LogP) is 13.1. The van der Waals surface area contributed by atoms with Crippen molar-refractivity contribution >= 4 is 82.7 Å². The molecular formula is C47H29N3O2. The summed E-state index contributed by atoms with van der Waals surface area (Å²) in [6, 6.07) is 61.4. The van der Waals surface area contributed by atoms with Gasteiger partial charge in [-0.1, -0.05) is 84.9 Å². The summed E-state index contributed by atoms with van der Waals surface area (Å²) in [5, 5.41) is 6.66. The van der Waals surface area contributed by atoms with Crippen LogP contribution >= 0.6 is 0 Å². The monoisotopic (exact) mass is 667 g/mol. The topological polar surface area (TPSA) is 47.3 Å². The minimum atomic E-state index is 0.612. The minimum absolute atomic E-state index is 0.612. The van der Waals surface area contributed by atoms with Crippen molar-refractivity contribution in [2.24, 2.45) is 0 Å². The van der Waals surface area contributed by atoms with Crippen molar-refractivity contribution in [1.82, 2.24) is 9.55 Å². The third-order valence-electron chi connectivity index (χ3n) is 10.2. The molecule has 52 heavy (non-hydrogen) atoms. The Labute approximate surface area is 298 Å². The van der Waals surface area contributed by atoms with Crippen LogP contribution in [0.25, 0.3) is 82.8 Å². The molecule has 0 saturated carbocycles. The van der Waals surface area contributed by atoms with Crippen LogP contribution < -0.4 is 4.90 Å². The van der Waals surface area contributed by atoms with Crippen LogP contribution in [0.2, 0.25) is 0 Å². The molecule has 5 nitrogen and oxygen atoms in total. The largest absolute Gasteiger partial charge is 0.456 e. The molecule has 11 aromatic rings. The van der Waals surface area contributed by atoms with E-state index in [-0.39, 0.29) is 0 Å². The fourth-order valence-electron chi connectivity index (χ4n) is 7.86. The second-order valence-electron chi connectivity index (χ2n) is 13.2. The first-order chi connectivity index (χ1) is 25.8. The van der Waals surface area contributed by atoms with Crippen molar-refractivity contribution in [3.8, 4) is 17.1 Å². The quantitative estimate of drug-likeness (QED) is 0.183. The van der Waals surface area contributed by atoms with E-state index in [1.54, 1.807) is 0 Å². The molecule has 0 amide bonds. The lowest BCUT2D eigenvalue weighted by Crippen LogP contribution is -2.09. The number of nitrogens with zero attached hydrogens (tertiary/aromatic N) is 3. The van der Waals surface area contributed by atoms with Gasteiger partial charge in [0, 0.05) is 50.5 Å². The minimum Gasteiger partial charge on any atom is -0.456 e.